The summed E-state index contributed by atoms with van der Waals surface area (Å²) in [4.78, 5) is 35.6. The van der Waals surface area contributed by atoms with Crippen molar-refractivity contribution in [2.45, 2.75) is 57.5 Å². The number of allylic oxidation sites excluding steroid dienone is 1. The maximum absolute atomic E-state index is 14.9. The van der Waals surface area contributed by atoms with Crippen molar-refractivity contribution in [3.63, 3.8) is 0 Å². The SMILES string of the molecule is CC(C)(C)[Si](OCC1=C2[C@@H](CC/C(=C/c3ccc(O)c(F)c3)c3ccccn3)OB(O)C[C@@H]2[C@@H]2C(=O)N(c3ccc(Nc4ccccc4)cc3)C(=O)[C@@H]2C1)(c1ccccc1)c1ccccc1. The number of carbonyl (C=O) groups is 2. The Balaban J connectivity index is 1.11. The maximum atomic E-state index is 14.9. The molecule has 0 bridgehead atoms. The molecule has 0 radical (unpaired) electrons. The van der Waals surface area contributed by atoms with Crippen molar-refractivity contribution >= 4 is 66.3 Å². The van der Waals surface area contributed by atoms with Crippen LogP contribution in [0.2, 0.25) is 11.4 Å². The Hall–Kier alpha value is -6.44. The fourth-order valence-corrected chi connectivity index (χ4v) is 15.0. The van der Waals surface area contributed by atoms with E-state index < -0.39 is 50.9 Å². The van der Waals surface area contributed by atoms with Gasteiger partial charge in [0, 0.05) is 17.6 Å². The smallest absolute Gasteiger partial charge is 0.455 e. The zero-order valence-corrected chi connectivity index (χ0v) is 38.3. The van der Waals surface area contributed by atoms with E-state index in [1.165, 1.54) is 17.0 Å². The summed E-state index contributed by atoms with van der Waals surface area (Å²) < 4.78 is 28.7. The molecule has 3 N–H and O–H groups in total. The number of pyridine rings is 1. The van der Waals surface area contributed by atoms with Crippen LogP contribution in [0.5, 0.6) is 5.75 Å². The zero-order valence-electron chi connectivity index (χ0n) is 37.3. The van der Waals surface area contributed by atoms with Gasteiger partial charge in [0.05, 0.1) is 35.9 Å². The summed E-state index contributed by atoms with van der Waals surface area (Å²) in [7, 11) is -4.28. The average molecular weight is 898 g/mol. The van der Waals surface area contributed by atoms with E-state index >= 15 is 0 Å². The van der Waals surface area contributed by atoms with Crippen molar-refractivity contribution < 1.29 is 33.2 Å². The summed E-state index contributed by atoms with van der Waals surface area (Å²) in [5.41, 5.74) is 6.05. The minimum absolute atomic E-state index is 0.137. The van der Waals surface area contributed by atoms with Gasteiger partial charge in [0.2, 0.25) is 11.8 Å². The number of nitrogens with one attached hydrogen (secondary N) is 1. The summed E-state index contributed by atoms with van der Waals surface area (Å²) in [6, 6.07) is 47.7. The molecule has 9 rings (SSSR count). The number of nitrogens with zero attached hydrogens (tertiary/aromatic N) is 2. The Labute approximate surface area is 386 Å². The second-order valence-corrected chi connectivity index (χ2v) is 22.8. The van der Waals surface area contributed by atoms with Crippen LogP contribution in [-0.2, 0) is 18.7 Å². The monoisotopic (exact) mass is 897 g/mol. The normalized spacial score (nSPS) is 20.0. The van der Waals surface area contributed by atoms with Crippen LogP contribution in [0.4, 0.5) is 21.5 Å². The Morgan fingerprint density at radius 3 is 2.11 bits per heavy atom. The summed E-state index contributed by atoms with van der Waals surface area (Å²) in [5.74, 6) is -3.64. The summed E-state index contributed by atoms with van der Waals surface area (Å²) >= 11 is 0. The second kappa shape index (κ2) is 18.8. The molecule has 2 fully saturated rings. The highest BCUT2D eigenvalue weighted by atomic mass is 28.4. The minimum atomic E-state index is -3.08. The molecule has 6 aromatic rings. The highest BCUT2D eigenvalue weighted by molar-refractivity contribution is 6.99. The third kappa shape index (κ3) is 8.81. The number of para-hydroxylation sites is 1. The van der Waals surface area contributed by atoms with Gasteiger partial charge in [0.1, 0.15) is 0 Å². The lowest BCUT2D eigenvalue weighted by Gasteiger charge is -2.46. The molecule has 2 saturated heterocycles. The third-order valence-electron chi connectivity index (χ3n) is 13.4. The van der Waals surface area contributed by atoms with Gasteiger partial charge in [0.25, 0.3) is 8.32 Å². The Kier molecular flexibility index (Phi) is 12.8. The van der Waals surface area contributed by atoms with Crippen LogP contribution in [0.1, 0.15) is 51.3 Å². The maximum Gasteiger partial charge on any atom is 0.455 e. The molecule has 2 amide bonds. The first-order chi connectivity index (χ1) is 31.9. The van der Waals surface area contributed by atoms with E-state index in [4.69, 9.17) is 9.08 Å². The number of aromatic nitrogens is 1. The fourth-order valence-electron chi connectivity index (χ4n) is 10.4. The number of benzene rings is 5. The third-order valence-corrected chi connectivity index (χ3v) is 18.3. The molecule has 5 aromatic carbocycles. The second-order valence-electron chi connectivity index (χ2n) is 18.5. The molecule has 0 spiro atoms. The van der Waals surface area contributed by atoms with Gasteiger partial charge in [-0.1, -0.05) is 112 Å². The van der Waals surface area contributed by atoms with Crippen molar-refractivity contribution in [1.29, 1.82) is 0 Å². The van der Waals surface area contributed by atoms with Gasteiger partial charge in [-0.15, -0.1) is 0 Å². The number of anilines is 3. The van der Waals surface area contributed by atoms with E-state index in [-0.39, 0.29) is 36.2 Å². The number of imide groups is 1. The first kappa shape index (κ1) is 44.8. The number of aromatic hydroxyl groups is 1. The quantitative estimate of drug-likeness (QED) is 0.0596. The van der Waals surface area contributed by atoms with Gasteiger partial charge in [-0.3, -0.25) is 19.5 Å². The Morgan fingerprint density at radius 2 is 1.48 bits per heavy atom. The lowest BCUT2D eigenvalue weighted by Crippen LogP contribution is -2.66. The van der Waals surface area contributed by atoms with Gasteiger partial charge < -0.3 is 24.5 Å². The number of carbonyl (C=O) groups excluding carboxylic acids is 2. The molecule has 0 saturated carbocycles. The molecule has 2 aliphatic heterocycles. The first-order valence-corrected chi connectivity index (χ1v) is 24.5. The zero-order chi connectivity index (χ0) is 46.0. The summed E-state index contributed by atoms with van der Waals surface area (Å²) in [5, 5.41) is 26.8. The van der Waals surface area contributed by atoms with Crippen LogP contribution in [0.25, 0.3) is 11.6 Å². The molecule has 1 aliphatic carbocycles. The van der Waals surface area contributed by atoms with Crippen LogP contribution < -0.4 is 20.6 Å². The van der Waals surface area contributed by atoms with E-state index in [0.29, 0.717) is 29.8 Å². The van der Waals surface area contributed by atoms with Crippen LogP contribution >= 0.6 is 0 Å². The first-order valence-electron chi connectivity index (χ1n) is 22.6. The van der Waals surface area contributed by atoms with Crippen molar-refractivity contribution in [3.8, 4) is 5.75 Å². The van der Waals surface area contributed by atoms with Crippen LogP contribution in [0.15, 0.2) is 169 Å². The standard InChI is InChI=1S/C54H53BFN3O6Si/c1-54(2,3)66(42-17-9-5-10-18-42,43-19-11-6-12-20-43)64-35-38-33-44-51(53(62)59(52(44)61)41-26-24-40(25-27-41)58-39-15-7-4-8-16-39)45-34-55(63)65-49(50(38)45)29-23-37(47-21-13-14-30-57-47)31-36-22-28-48(60)46(56)32-36/h4-22,24-28,30-32,44-45,49,51,58,60,63H,23,29,33-35H2,1-3H3/b37-31-/t44-,45+,49-,51-/m1/s1. The topological polar surface area (TPSA) is 121 Å². The number of halogens is 1. The minimum Gasteiger partial charge on any atom is -0.505 e. The number of hydrogen-bond acceptors (Lipinski definition) is 8. The molecule has 4 atom stereocenters. The molecule has 3 heterocycles. The van der Waals surface area contributed by atoms with Crippen molar-refractivity contribution in [2.24, 2.45) is 17.8 Å². The van der Waals surface area contributed by atoms with Crippen molar-refractivity contribution in [3.05, 3.63) is 186 Å². The van der Waals surface area contributed by atoms with E-state index in [9.17, 15) is 24.1 Å². The molecule has 1 aromatic heterocycles. The number of amides is 2. The Bertz CT molecular complexity index is 2710. The lowest BCUT2D eigenvalue weighted by atomic mass is 9.58. The predicted molar refractivity (Wildman–Crippen MR) is 261 cm³/mol. The van der Waals surface area contributed by atoms with E-state index in [1.54, 1.807) is 24.4 Å². The molecule has 3 aliphatic rings. The number of rotatable bonds is 13. The molecule has 0 unspecified atom stereocenters. The molecular formula is C54H53BFN3O6Si. The average Bonchev–Trinajstić information content (AvgIpc) is 3.58. The fraction of sp³-hybridized carbons (Fsp3) is 0.241. The van der Waals surface area contributed by atoms with Crippen LogP contribution in [-0.4, -0.2) is 55.1 Å². The Morgan fingerprint density at radius 1 is 0.848 bits per heavy atom. The molecule has 12 heteroatoms. The number of hydrogen-bond donors (Lipinski definition) is 3. The van der Waals surface area contributed by atoms with Gasteiger partial charge >= 0.3 is 7.12 Å². The predicted octanol–water partition coefficient (Wildman–Crippen LogP) is 9.57. The van der Waals surface area contributed by atoms with Gasteiger partial charge in [-0.25, -0.2) is 4.39 Å². The molecule has 9 nitrogen and oxygen atoms in total. The van der Waals surface area contributed by atoms with E-state index in [1.807, 2.05) is 103 Å². The van der Waals surface area contributed by atoms with Crippen molar-refractivity contribution in [2.75, 3.05) is 16.8 Å². The van der Waals surface area contributed by atoms with Crippen LogP contribution in [0, 0.1) is 23.6 Å². The molecule has 66 heavy (non-hydrogen) atoms. The lowest BCUT2D eigenvalue weighted by molar-refractivity contribution is -0.122. The highest BCUT2D eigenvalue weighted by Gasteiger charge is 2.58. The van der Waals surface area contributed by atoms with E-state index in [2.05, 4.69) is 55.3 Å². The molecular weight excluding hydrogens is 845 g/mol. The summed E-state index contributed by atoms with van der Waals surface area (Å²) in [6.45, 7) is 6.86. The van der Waals surface area contributed by atoms with Gasteiger partial charge in [0.15, 0.2) is 11.6 Å². The number of fused-ring (bicyclic) bond motifs is 3. The molecule has 334 valence electrons. The van der Waals surface area contributed by atoms with Crippen LogP contribution in [0.3, 0.4) is 0 Å². The van der Waals surface area contributed by atoms with E-state index in [0.717, 1.165) is 38.5 Å². The van der Waals surface area contributed by atoms with Gasteiger partial charge in [-0.2, -0.15) is 0 Å². The summed E-state index contributed by atoms with van der Waals surface area (Å²) in [6.07, 6.45) is 4.11. The number of phenols is 1. The highest BCUT2D eigenvalue weighted by Crippen LogP contribution is 2.52. The number of phenolic OH excluding ortho intramolecular Hbond substituents is 1. The van der Waals surface area contributed by atoms with Gasteiger partial charge in [-0.05, 0) is 136 Å². The largest absolute Gasteiger partial charge is 0.505 e. The van der Waals surface area contributed by atoms with Crippen molar-refractivity contribution in [1.82, 2.24) is 4.98 Å².